The summed E-state index contributed by atoms with van der Waals surface area (Å²) in [5.41, 5.74) is 0. The summed E-state index contributed by atoms with van der Waals surface area (Å²) in [6, 6.07) is 0. The number of rotatable bonds is 8. The van der Waals surface area contributed by atoms with Gasteiger partial charge in [0.25, 0.3) is 0 Å². The minimum atomic E-state index is 0.349. The van der Waals surface area contributed by atoms with Gasteiger partial charge in [-0.15, -0.1) is 0 Å². The Hall–Kier alpha value is -0.120. The molecule has 1 fully saturated rings. The molecule has 102 valence electrons. The maximum atomic E-state index is 5.82. The Bertz CT molecular complexity index is 195. The quantitative estimate of drug-likeness (QED) is 0.612. The Kier molecular flexibility index (Phi) is 7.09. The third-order valence-corrected chi connectivity index (χ3v) is 3.09. The van der Waals surface area contributed by atoms with Gasteiger partial charge in [-0.25, -0.2) is 0 Å². The van der Waals surface area contributed by atoms with E-state index in [2.05, 4.69) is 32.6 Å². The van der Waals surface area contributed by atoms with Crippen LogP contribution in [0.4, 0.5) is 0 Å². The lowest BCUT2D eigenvalue weighted by molar-refractivity contribution is 0.0121. The van der Waals surface area contributed by atoms with E-state index in [0.717, 1.165) is 38.8 Å². The van der Waals surface area contributed by atoms with Gasteiger partial charge in [-0.1, -0.05) is 13.8 Å². The number of ether oxygens (including phenoxy) is 2. The van der Waals surface area contributed by atoms with Gasteiger partial charge in [-0.05, 0) is 32.6 Å². The highest BCUT2D eigenvalue weighted by Crippen LogP contribution is 2.13. The van der Waals surface area contributed by atoms with E-state index in [9.17, 15) is 0 Å². The van der Waals surface area contributed by atoms with E-state index < -0.39 is 0 Å². The van der Waals surface area contributed by atoms with Crippen LogP contribution < -0.4 is 0 Å². The first-order valence-corrected chi connectivity index (χ1v) is 7.03. The molecule has 0 bridgehead atoms. The lowest BCUT2D eigenvalue weighted by atomic mass is 10.1. The number of likely N-dealkylation sites (tertiary alicyclic amines) is 1. The summed E-state index contributed by atoms with van der Waals surface area (Å²) in [6.07, 6.45) is 3.12. The summed E-state index contributed by atoms with van der Waals surface area (Å²) in [7, 11) is 0. The molecule has 1 atom stereocenters. The molecule has 0 N–H and O–H groups in total. The van der Waals surface area contributed by atoms with Crippen LogP contribution in [0.5, 0.6) is 0 Å². The van der Waals surface area contributed by atoms with Crippen molar-refractivity contribution in [2.45, 2.75) is 52.7 Å². The summed E-state index contributed by atoms with van der Waals surface area (Å²) in [5, 5.41) is 0. The molecule has 3 heteroatoms. The Morgan fingerprint density at radius 3 is 2.59 bits per heavy atom. The molecule has 1 aliphatic heterocycles. The molecule has 1 unspecified atom stereocenters. The van der Waals surface area contributed by atoms with Crippen molar-refractivity contribution in [1.82, 2.24) is 4.90 Å². The molecule has 0 amide bonds. The van der Waals surface area contributed by atoms with Crippen molar-refractivity contribution in [1.29, 1.82) is 0 Å². The van der Waals surface area contributed by atoms with Gasteiger partial charge in [0.2, 0.25) is 0 Å². The van der Waals surface area contributed by atoms with Gasteiger partial charge >= 0.3 is 0 Å². The highest BCUT2D eigenvalue weighted by atomic mass is 16.5. The second-order valence-corrected chi connectivity index (χ2v) is 5.69. The Labute approximate surface area is 106 Å². The van der Waals surface area contributed by atoms with Crippen LogP contribution >= 0.6 is 0 Å². The monoisotopic (exact) mass is 243 g/mol. The molecule has 17 heavy (non-hydrogen) atoms. The lowest BCUT2D eigenvalue weighted by Gasteiger charge is -2.17. The fraction of sp³-hybridized carbons (Fsp3) is 1.00. The zero-order chi connectivity index (χ0) is 12.7. The fourth-order valence-electron chi connectivity index (χ4n) is 2.11. The molecule has 1 saturated heterocycles. The largest absolute Gasteiger partial charge is 0.380 e. The topological polar surface area (TPSA) is 21.7 Å². The summed E-state index contributed by atoms with van der Waals surface area (Å²) < 4.78 is 11.5. The molecule has 0 spiro atoms. The normalized spacial score (nSPS) is 21.9. The zero-order valence-corrected chi connectivity index (χ0v) is 11.9. The molecule has 0 aliphatic carbocycles. The van der Waals surface area contributed by atoms with Gasteiger partial charge in [0.05, 0.1) is 18.8 Å². The van der Waals surface area contributed by atoms with Crippen LogP contribution in [0, 0.1) is 5.92 Å². The Morgan fingerprint density at radius 1 is 1.18 bits per heavy atom. The second-order valence-electron chi connectivity index (χ2n) is 5.69. The standard InChI is InChI=1S/C14H29NO2/c1-12(2)6-9-16-10-8-15-7-5-14(11-15)17-13(3)4/h12-14H,5-11H2,1-4H3. The first-order valence-electron chi connectivity index (χ1n) is 7.03. The van der Waals surface area contributed by atoms with E-state index in [-0.39, 0.29) is 0 Å². The molecule has 3 nitrogen and oxygen atoms in total. The zero-order valence-electron chi connectivity index (χ0n) is 11.9. The Balaban J connectivity index is 1.98. The molecule has 0 radical (unpaired) electrons. The highest BCUT2D eigenvalue weighted by molar-refractivity contribution is 4.76. The van der Waals surface area contributed by atoms with Crippen LogP contribution in [-0.4, -0.2) is 50.0 Å². The summed E-state index contributed by atoms with van der Waals surface area (Å²) in [4.78, 5) is 2.45. The maximum absolute atomic E-state index is 5.82. The van der Waals surface area contributed by atoms with Crippen LogP contribution in [0.3, 0.4) is 0 Å². The van der Waals surface area contributed by atoms with Gasteiger partial charge in [0.15, 0.2) is 0 Å². The molecule has 0 aromatic heterocycles. The maximum Gasteiger partial charge on any atom is 0.0717 e. The number of nitrogens with zero attached hydrogens (tertiary/aromatic N) is 1. The van der Waals surface area contributed by atoms with Crippen molar-refractivity contribution in [3.8, 4) is 0 Å². The van der Waals surface area contributed by atoms with Gasteiger partial charge in [-0.3, -0.25) is 4.90 Å². The van der Waals surface area contributed by atoms with Gasteiger partial charge in [0, 0.05) is 26.2 Å². The molecule has 0 saturated carbocycles. The van der Waals surface area contributed by atoms with Crippen LogP contribution in [0.1, 0.15) is 40.5 Å². The highest BCUT2D eigenvalue weighted by Gasteiger charge is 2.23. The summed E-state index contributed by atoms with van der Waals surface area (Å²) in [5.74, 6) is 0.741. The van der Waals surface area contributed by atoms with Crippen LogP contribution in [0.2, 0.25) is 0 Å². The smallest absolute Gasteiger partial charge is 0.0717 e. The molecule has 0 aromatic rings. The van der Waals surface area contributed by atoms with Crippen LogP contribution in [-0.2, 0) is 9.47 Å². The predicted octanol–water partition coefficient (Wildman–Crippen LogP) is 2.55. The van der Waals surface area contributed by atoms with Crippen molar-refractivity contribution in [2.24, 2.45) is 5.92 Å². The minimum absolute atomic E-state index is 0.349. The van der Waals surface area contributed by atoms with Crippen LogP contribution in [0.15, 0.2) is 0 Å². The molecule has 1 aliphatic rings. The molecule has 0 aromatic carbocycles. The molecular weight excluding hydrogens is 214 g/mol. The average Bonchev–Trinajstić information content (AvgIpc) is 2.63. The molecule has 1 rings (SSSR count). The van der Waals surface area contributed by atoms with Gasteiger partial charge in [-0.2, -0.15) is 0 Å². The third kappa shape index (κ3) is 7.02. The average molecular weight is 243 g/mol. The van der Waals surface area contributed by atoms with Crippen molar-refractivity contribution in [3.05, 3.63) is 0 Å². The summed E-state index contributed by atoms with van der Waals surface area (Å²) >= 11 is 0. The fourth-order valence-corrected chi connectivity index (χ4v) is 2.11. The van der Waals surface area contributed by atoms with Crippen molar-refractivity contribution >= 4 is 0 Å². The molecule has 1 heterocycles. The third-order valence-electron chi connectivity index (χ3n) is 3.09. The van der Waals surface area contributed by atoms with Crippen molar-refractivity contribution < 1.29 is 9.47 Å². The molecular formula is C14H29NO2. The van der Waals surface area contributed by atoms with Crippen LogP contribution in [0.25, 0.3) is 0 Å². The van der Waals surface area contributed by atoms with E-state index in [1.165, 1.54) is 12.8 Å². The minimum Gasteiger partial charge on any atom is -0.380 e. The second kappa shape index (κ2) is 8.06. The van der Waals surface area contributed by atoms with E-state index in [1.807, 2.05) is 0 Å². The van der Waals surface area contributed by atoms with Gasteiger partial charge in [0.1, 0.15) is 0 Å². The van der Waals surface area contributed by atoms with Gasteiger partial charge < -0.3 is 9.47 Å². The van der Waals surface area contributed by atoms with E-state index >= 15 is 0 Å². The lowest BCUT2D eigenvalue weighted by Crippen LogP contribution is -2.28. The SMILES string of the molecule is CC(C)CCOCCN1CCC(OC(C)C)C1. The summed E-state index contributed by atoms with van der Waals surface area (Å²) in [6.45, 7) is 13.7. The number of hydrogen-bond acceptors (Lipinski definition) is 3. The van der Waals surface area contributed by atoms with E-state index in [0.29, 0.717) is 12.2 Å². The Morgan fingerprint density at radius 2 is 1.94 bits per heavy atom. The predicted molar refractivity (Wildman–Crippen MR) is 71.3 cm³/mol. The first kappa shape index (κ1) is 14.9. The van der Waals surface area contributed by atoms with E-state index in [1.54, 1.807) is 0 Å². The van der Waals surface area contributed by atoms with Crippen molar-refractivity contribution in [3.63, 3.8) is 0 Å². The van der Waals surface area contributed by atoms with E-state index in [4.69, 9.17) is 9.47 Å². The first-order chi connectivity index (χ1) is 8.08. The number of hydrogen-bond donors (Lipinski definition) is 0. The van der Waals surface area contributed by atoms with Crippen molar-refractivity contribution in [2.75, 3.05) is 32.8 Å².